The quantitative estimate of drug-likeness (QED) is 0.891. The van der Waals surface area contributed by atoms with Crippen molar-refractivity contribution in [1.82, 2.24) is 10.5 Å². The number of carbonyl (C=O) groups excluding carboxylic acids is 1. The molecule has 1 aromatic carbocycles. The fourth-order valence-corrected chi connectivity index (χ4v) is 2.93. The Morgan fingerprint density at radius 1 is 1.35 bits per heavy atom. The summed E-state index contributed by atoms with van der Waals surface area (Å²) >= 11 is 0. The van der Waals surface area contributed by atoms with Crippen molar-refractivity contribution < 1.29 is 14.4 Å². The van der Waals surface area contributed by atoms with Gasteiger partial charge in [-0.3, -0.25) is 4.79 Å². The van der Waals surface area contributed by atoms with Crippen molar-refractivity contribution >= 4 is 16.9 Å². The minimum Gasteiger partial charge on any atom is -0.394 e. The van der Waals surface area contributed by atoms with Crippen LogP contribution in [0.4, 0.5) is 0 Å². The molecule has 3 rings (SSSR count). The van der Waals surface area contributed by atoms with E-state index in [0.29, 0.717) is 11.3 Å². The van der Waals surface area contributed by atoms with E-state index in [1.165, 1.54) is 0 Å². The van der Waals surface area contributed by atoms with Gasteiger partial charge < -0.3 is 14.9 Å². The summed E-state index contributed by atoms with van der Waals surface area (Å²) in [5, 5.41) is 17.3. The van der Waals surface area contributed by atoms with Gasteiger partial charge in [-0.05, 0) is 25.0 Å². The Morgan fingerprint density at radius 2 is 2.10 bits per heavy atom. The van der Waals surface area contributed by atoms with Gasteiger partial charge in [0.2, 0.25) is 5.91 Å². The van der Waals surface area contributed by atoms with Crippen LogP contribution in [-0.4, -0.2) is 28.3 Å². The molecule has 1 fully saturated rings. The lowest BCUT2D eigenvalue weighted by atomic mass is 9.98. The second kappa shape index (κ2) is 5.25. The number of carbonyl (C=O) groups is 1. The van der Waals surface area contributed by atoms with Crippen LogP contribution >= 0.6 is 0 Å². The summed E-state index contributed by atoms with van der Waals surface area (Å²) in [4.78, 5) is 12.2. The molecule has 5 nitrogen and oxygen atoms in total. The number of amides is 1. The van der Waals surface area contributed by atoms with Crippen molar-refractivity contribution in [2.45, 2.75) is 37.6 Å². The Bertz CT molecular complexity index is 614. The molecule has 1 heterocycles. The van der Waals surface area contributed by atoms with Crippen LogP contribution in [-0.2, 0) is 11.2 Å². The lowest BCUT2D eigenvalue weighted by molar-refractivity contribution is -0.123. The summed E-state index contributed by atoms with van der Waals surface area (Å²) in [6, 6.07) is 7.49. The number of hydrogen-bond donors (Lipinski definition) is 2. The van der Waals surface area contributed by atoms with Crippen molar-refractivity contribution in [3.63, 3.8) is 0 Å². The fourth-order valence-electron chi connectivity index (χ4n) is 2.93. The van der Waals surface area contributed by atoms with Crippen molar-refractivity contribution in [3.05, 3.63) is 30.0 Å². The third-order valence-electron chi connectivity index (χ3n) is 4.05. The summed E-state index contributed by atoms with van der Waals surface area (Å²) in [6.45, 7) is -0.00168. The Balaban J connectivity index is 1.73. The first-order valence-electron chi connectivity index (χ1n) is 6.98. The van der Waals surface area contributed by atoms with Crippen molar-refractivity contribution in [2.75, 3.05) is 6.61 Å². The monoisotopic (exact) mass is 274 g/mol. The van der Waals surface area contributed by atoms with Gasteiger partial charge in [0.15, 0.2) is 5.58 Å². The molecule has 0 aliphatic heterocycles. The smallest absolute Gasteiger partial charge is 0.226 e. The number of para-hydroxylation sites is 1. The van der Waals surface area contributed by atoms with Gasteiger partial charge in [0.05, 0.1) is 18.6 Å². The highest BCUT2D eigenvalue weighted by molar-refractivity contribution is 5.86. The van der Waals surface area contributed by atoms with Gasteiger partial charge in [-0.1, -0.05) is 30.1 Å². The van der Waals surface area contributed by atoms with Gasteiger partial charge in [-0.25, -0.2) is 0 Å². The van der Waals surface area contributed by atoms with E-state index in [0.717, 1.165) is 31.1 Å². The Kier molecular flexibility index (Phi) is 3.44. The average Bonchev–Trinajstić information content (AvgIpc) is 3.07. The van der Waals surface area contributed by atoms with E-state index in [9.17, 15) is 9.90 Å². The maximum absolute atomic E-state index is 12.2. The summed E-state index contributed by atoms with van der Waals surface area (Å²) in [5.41, 5.74) is 0.897. The molecule has 2 aromatic rings. The van der Waals surface area contributed by atoms with Gasteiger partial charge in [0.25, 0.3) is 0 Å². The predicted molar refractivity (Wildman–Crippen MR) is 74.1 cm³/mol. The van der Waals surface area contributed by atoms with Gasteiger partial charge in [0.1, 0.15) is 5.69 Å². The first kappa shape index (κ1) is 13.1. The largest absolute Gasteiger partial charge is 0.394 e. The van der Waals surface area contributed by atoms with E-state index in [-0.39, 0.29) is 18.9 Å². The van der Waals surface area contributed by atoms with E-state index in [1.807, 2.05) is 24.3 Å². The van der Waals surface area contributed by atoms with E-state index in [4.69, 9.17) is 4.52 Å². The normalized spacial score (nSPS) is 17.4. The number of aliphatic hydroxyl groups is 1. The summed E-state index contributed by atoms with van der Waals surface area (Å²) in [6.07, 6.45) is 3.96. The summed E-state index contributed by atoms with van der Waals surface area (Å²) < 4.78 is 5.19. The highest BCUT2D eigenvalue weighted by Gasteiger charge is 2.34. The molecule has 1 aliphatic rings. The maximum atomic E-state index is 12.2. The molecule has 1 aliphatic carbocycles. The summed E-state index contributed by atoms with van der Waals surface area (Å²) in [7, 11) is 0. The van der Waals surface area contributed by atoms with Gasteiger partial charge >= 0.3 is 0 Å². The number of nitrogens with zero attached hydrogens (tertiary/aromatic N) is 1. The molecule has 0 radical (unpaired) electrons. The highest BCUT2D eigenvalue weighted by Crippen LogP contribution is 2.29. The molecule has 0 atom stereocenters. The number of hydrogen-bond acceptors (Lipinski definition) is 4. The van der Waals surface area contributed by atoms with E-state index in [1.54, 1.807) is 0 Å². The molecule has 0 bridgehead atoms. The van der Waals surface area contributed by atoms with Gasteiger partial charge in [0, 0.05) is 5.39 Å². The second-order valence-electron chi connectivity index (χ2n) is 5.50. The van der Waals surface area contributed by atoms with Crippen LogP contribution in [0, 0.1) is 0 Å². The lowest BCUT2D eigenvalue weighted by Gasteiger charge is -2.27. The number of rotatable bonds is 4. The van der Waals surface area contributed by atoms with E-state index < -0.39 is 5.54 Å². The molecule has 1 aromatic heterocycles. The minimum atomic E-state index is -0.434. The van der Waals surface area contributed by atoms with E-state index >= 15 is 0 Å². The molecule has 20 heavy (non-hydrogen) atoms. The molecule has 5 heteroatoms. The predicted octanol–water partition coefficient (Wildman–Crippen LogP) is 1.79. The Morgan fingerprint density at radius 3 is 2.85 bits per heavy atom. The average molecular weight is 274 g/mol. The highest BCUT2D eigenvalue weighted by atomic mass is 16.5. The Hall–Kier alpha value is -1.88. The van der Waals surface area contributed by atoms with Crippen LogP contribution in [0.2, 0.25) is 0 Å². The molecular weight excluding hydrogens is 256 g/mol. The number of aromatic nitrogens is 1. The lowest BCUT2D eigenvalue weighted by Crippen LogP contribution is -2.49. The first-order valence-corrected chi connectivity index (χ1v) is 6.98. The van der Waals surface area contributed by atoms with Crippen molar-refractivity contribution in [1.29, 1.82) is 0 Å². The molecule has 0 saturated heterocycles. The molecule has 0 unspecified atom stereocenters. The topological polar surface area (TPSA) is 75.4 Å². The first-order chi connectivity index (χ1) is 9.72. The van der Waals surface area contributed by atoms with Crippen LogP contribution in [0.15, 0.2) is 28.8 Å². The maximum Gasteiger partial charge on any atom is 0.226 e. The third-order valence-corrected chi connectivity index (χ3v) is 4.05. The third kappa shape index (κ3) is 2.41. The molecule has 1 saturated carbocycles. The van der Waals surface area contributed by atoms with E-state index in [2.05, 4.69) is 10.5 Å². The second-order valence-corrected chi connectivity index (χ2v) is 5.50. The van der Waals surface area contributed by atoms with Gasteiger partial charge in [-0.15, -0.1) is 0 Å². The van der Waals surface area contributed by atoms with Crippen molar-refractivity contribution in [2.24, 2.45) is 0 Å². The van der Waals surface area contributed by atoms with Crippen LogP contribution < -0.4 is 5.32 Å². The number of benzene rings is 1. The number of aliphatic hydroxyl groups excluding tert-OH is 1. The minimum absolute atomic E-state index is 0.00168. The molecule has 0 spiro atoms. The zero-order valence-corrected chi connectivity index (χ0v) is 11.3. The zero-order chi connectivity index (χ0) is 14.0. The van der Waals surface area contributed by atoms with Crippen LogP contribution in [0.3, 0.4) is 0 Å². The fraction of sp³-hybridized carbons (Fsp3) is 0.467. The molecule has 106 valence electrons. The van der Waals surface area contributed by atoms with Crippen LogP contribution in [0.1, 0.15) is 31.4 Å². The zero-order valence-electron chi connectivity index (χ0n) is 11.3. The number of fused-ring (bicyclic) bond motifs is 1. The van der Waals surface area contributed by atoms with Gasteiger partial charge in [-0.2, -0.15) is 0 Å². The SMILES string of the molecule is O=C(Cc1noc2ccccc12)NC1(CO)CCCC1. The van der Waals surface area contributed by atoms with Crippen LogP contribution in [0.25, 0.3) is 11.0 Å². The molecule has 1 amide bonds. The molecule has 2 N–H and O–H groups in total. The standard InChI is InChI=1S/C15H18N2O3/c18-10-15(7-3-4-8-15)16-14(19)9-12-11-5-1-2-6-13(11)20-17-12/h1-2,5-6,18H,3-4,7-10H2,(H,16,19). The number of nitrogens with one attached hydrogen (secondary N) is 1. The Labute approximate surface area is 116 Å². The summed E-state index contributed by atoms with van der Waals surface area (Å²) in [5.74, 6) is -0.111. The van der Waals surface area contributed by atoms with Crippen molar-refractivity contribution in [3.8, 4) is 0 Å². The molecular formula is C15H18N2O3. The van der Waals surface area contributed by atoms with Crippen LogP contribution in [0.5, 0.6) is 0 Å².